The van der Waals surface area contributed by atoms with E-state index in [0.717, 1.165) is 55.0 Å². The third kappa shape index (κ3) is 5.02. The number of hydrogen-bond donors (Lipinski definition) is 2. The van der Waals surface area contributed by atoms with Gasteiger partial charge >= 0.3 is 0 Å². The van der Waals surface area contributed by atoms with Crippen molar-refractivity contribution < 1.29 is 4.79 Å². The van der Waals surface area contributed by atoms with Crippen molar-refractivity contribution in [3.63, 3.8) is 0 Å². The highest BCUT2D eigenvalue weighted by atomic mass is 32.1. The molecule has 2 fully saturated rings. The van der Waals surface area contributed by atoms with E-state index in [0.29, 0.717) is 24.9 Å². The minimum Gasteiger partial charge on any atom is -0.340 e. The highest BCUT2D eigenvalue weighted by Gasteiger charge is 2.32. The summed E-state index contributed by atoms with van der Waals surface area (Å²) in [6.45, 7) is 8.35. The van der Waals surface area contributed by atoms with Gasteiger partial charge in [0.2, 0.25) is 5.91 Å². The second-order valence-electron chi connectivity index (χ2n) is 8.01. The number of piperidine rings is 2. The lowest BCUT2D eigenvalue weighted by molar-refractivity contribution is -0.130. The fourth-order valence-corrected chi connectivity index (χ4v) is 4.83. The third-order valence-electron chi connectivity index (χ3n) is 5.51. The van der Waals surface area contributed by atoms with Crippen LogP contribution in [0.1, 0.15) is 56.2 Å². The van der Waals surface area contributed by atoms with Crippen LogP contribution in [0.2, 0.25) is 0 Å². The fraction of sp³-hybridized carbons (Fsp3) is 0.789. The van der Waals surface area contributed by atoms with Gasteiger partial charge in [-0.15, -0.1) is 11.3 Å². The van der Waals surface area contributed by atoms with E-state index in [1.54, 1.807) is 11.3 Å². The number of carbonyl (C=O) groups excluding carboxylic acids is 1. The summed E-state index contributed by atoms with van der Waals surface area (Å²) in [6, 6.07) is 0.578. The van der Waals surface area contributed by atoms with Crippen LogP contribution in [0.5, 0.6) is 0 Å². The second-order valence-corrected chi connectivity index (χ2v) is 8.90. The average Bonchev–Trinajstić information content (AvgIpc) is 3.06. The normalized spacial score (nSPS) is 26.0. The molecule has 3 rings (SSSR count). The van der Waals surface area contributed by atoms with E-state index in [9.17, 15) is 4.79 Å². The van der Waals surface area contributed by atoms with Crippen LogP contribution in [-0.4, -0.2) is 48.5 Å². The summed E-state index contributed by atoms with van der Waals surface area (Å²) in [5, 5.41) is 10.5. The van der Waals surface area contributed by atoms with Gasteiger partial charge in [0.1, 0.15) is 0 Å². The number of hydrogen-bond acceptors (Lipinski definition) is 5. The van der Waals surface area contributed by atoms with Crippen molar-refractivity contribution in [2.45, 2.75) is 58.0 Å². The third-order valence-corrected chi connectivity index (χ3v) is 6.70. The topological polar surface area (TPSA) is 57.3 Å². The van der Waals surface area contributed by atoms with Gasteiger partial charge in [0.25, 0.3) is 0 Å². The summed E-state index contributed by atoms with van der Waals surface area (Å²) in [6.07, 6.45) is 4.06. The number of rotatable bonds is 7. The van der Waals surface area contributed by atoms with Crippen molar-refractivity contribution in [3.8, 4) is 0 Å². The Morgan fingerprint density at radius 3 is 3.00 bits per heavy atom. The molecular formula is C19H32N4OS. The van der Waals surface area contributed by atoms with Crippen LogP contribution in [0, 0.1) is 11.8 Å². The van der Waals surface area contributed by atoms with Gasteiger partial charge in [0, 0.05) is 30.8 Å². The Hall–Kier alpha value is -0.980. The van der Waals surface area contributed by atoms with Crippen LogP contribution < -0.4 is 10.6 Å². The number of nitrogens with one attached hydrogen (secondary N) is 2. The first-order valence-corrected chi connectivity index (χ1v) is 10.5. The van der Waals surface area contributed by atoms with Crippen molar-refractivity contribution in [3.05, 3.63) is 16.1 Å². The van der Waals surface area contributed by atoms with Crippen LogP contribution >= 0.6 is 11.3 Å². The minimum atomic E-state index is 0.231. The van der Waals surface area contributed by atoms with Gasteiger partial charge in [-0.3, -0.25) is 4.79 Å². The highest BCUT2D eigenvalue weighted by Crippen LogP contribution is 2.26. The standard InChI is InChI=1S/C19H32N4OS/c1-13(2)19-22-16(12-25-19)11-23(3)18(24)6-4-5-17-15-7-14(9-21-17)8-20-10-15/h12-15,17,20-21H,4-11H2,1-3H3/t14-,15+,17-/m0/s1. The first-order valence-electron chi connectivity index (χ1n) is 9.65. The molecule has 25 heavy (non-hydrogen) atoms. The second kappa shape index (κ2) is 8.60. The minimum absolute atomic E-state index is 0.231. The maximum absolute atomic E-state index is 12.4. The molecule has 0 aromatic carbocycles. The summed E-state index contributed by atoms with van der Waals surface area (Å²) in [5.41, 5.74) is 1.01. The van der Waals surface area contributed by atoms with E-state index in [2.05, 4.69) is 34.8 Å². The number of amides is 1. The van der Waals surface area contributed by atoms with E-state index in [1.807, 2.05) is 11.9 Å². The SMILES string of the molecule is CC(C)c1nc(CN(C)C(=O)CCC[C@@H]2NC[C@@H]3CNC[C@H]2C3)cs1. The molecule has 0 unspecified atom stereocenters. The molecule has 0 spiro atoms. The lowest BCUT2D eigenvalue weighted by Gasteiger charge is -2.41. The Kier molecular flexibility index (Phi) is 6.47. The zero-order valence-corrected chi connectivity index (χ0v) is 16.6. The van der Waals surface area contributed by atoms with Crippen molar-refractivity contribution in [1.29, 1.82) is 0 Å². The van der Waals surface area contributed by atoms with Gasteiger partial charge in [-0.25, -0.2) is 4.98 Å². The molecule has 6 heteroatoms. The smallest absolute Gasteiger partial charge is 0.222 e. The fourth-order valence-electron chi connectivity index (χ4n) is 4.01. The van der Waals surface area contributed by atoms with Gasteiger partial charge in [-0.05, 0) is 50.7 Å². The van der Waals surface area contributed by atoms with Gasteiger partial charge in [0.05, 0.1) is 17.2 Å². The summed E-state index contributed by atoms with van der Waals surface area (Å²) in [7, 11) is 1.89. The molecule has 1 aromatic heterocycles. The van der Waals surface area contributed by atoms with Crippen LogP contribution in [0.15, 0.2) is 5.38 Å². The lowest BCUT2D eigenvalue weighted by atomic mass is 9.80. The van der Waals surface area contributed by atoms with Gasteiger partial charge < -0.3 is 15.5 Å². The molecule has 2 aliphatic rings. The number of aromatic nitrogens is 1. The Bertz CT molecular complexity index is 574. The Morgan fingerprint density at radius 1 is 1.40 bits per heavy atom. The van der Waals surface area contributed by atoms with E-state index >= 15 is 0 Å². The zero-order valence-electron chi connectivity index (χ0n) is 15.8. The number of nitrogens with zero attached hydrogens (tertiary/aromatic N) is 2. The van der Waals surface area contributed by atoms with Crippen LogP contribution in [0.25, 0.3) is 0 Å². The monoisotopic (exact) mass is 364 g/mol. The maximum atomic E-state index is 12.4. The molecule has 0 radical (unpaired) electrons. The van der Waals surface area contributed by atoms with Gasteiger partial charge in [-0.1, -0.05) is 13.8 Å². The number of carbonyl (C=O) groups is 1. The van der Waals surface area contributed by atoms with Crippen LogP contribution in [-0.2, 0) is 11.3 Å². The first-order chi connectivity index (χ1) is 12.0. The Morgan fingerprint density at radius 2 is 2.24 bits per heavy atom. The molecule has 3 heterocycles. The molecule has 2 aliphatic heterocycles. The molecule has 0 saturated carbocycles. The molecule has 140 valence electrons. The molecule has 0 aliphatic carbocycles. The maximum Gasteiger partial charge on any atom is 0.222 e. The van der Waals surface area contributed by atoms with Crippen molar-refractivity contribution >= 4 is 17.2 Å². The lowest BCUT2D eigenvalue weighted by Crippen LogP contribution is -2.54. The average molecular weight is 365 g/mol. The summed E-state index contributed by atoms with van der Waals surface area (Å²) >= 11 is 1.69. The molecule has 5 nitrogen and oxygen atoms in total. The van der Waals surface area contributed by atoms with Crippen molar-refractivity contribution in [2.75, 3.05) is 26.7 Å². The number of thiazole rings is 1. The van der Waals surface area contributed by atoms with Crippen LogP contribution in [0.4, 0.5) is 0 Å². The Balaban J connectivity index is 1.39. The van der Waals surface area contributed by atoms with Gasteiger partial charge in [0.15, 0.2) is 0 Å². The van der Waals surface area contributed by atoms with Crippen LogP contribution in [0.3, 0.4) is 0 Å². The van der Waals surface area contributed by atoms with E-state index in [1.165, 1.54) is 6.42 Å². The summed E-state index contributed by atoms with van der Waals surface area (Å²) < 4.78 is 0. The molecule has 1 aromatic rings. The molecule has 3 atom stereocenters. The molecule has 2 N–H and O–H groups in total. The van der Waals surface area contributed by atoms with Gasteiger partial charge in [-0.2, -0.15) is 0 Å². The van der Waals surface area contributed by atoms with Crippen molar-refractivity contribution in [2.24, 2.45) is 11.8 Å². The molecule has 1 amide bonds. The zero-order chi connectivity index (χ0) is 17.8. The quantitative estimate of drug-likeness (QED) is 0.781. The first kappa shape index (κ1) is 18.8. The predicted octanol–water partition coefficient (Wildman–Crippen LogP) is 2.59. The van der Waals surface area contributed by atoms with E-state index in [4.69, 9.17) is 0 Å². The van der Waals surface area contributed by atoms with Crippen molar-refractivity contribution in [1.82, 2.24) is 20.5 Å². The molecule has 2 bridgehead atoms. The predicted molar refractivity (Wildman–Crippen MR) is 103 cm³/mol. The molecular weight excluding hydrogens is 332 g/mol. The van der Waals surface area contributed by atoms with E-state index in [-0.39, 0.29) is 5.91 Å². The largest absolute Gasteiger partial charge is 0.340 e. The highest BCUT2D eigenvalue weighted by molar-refractivity contribution is 7.09. The summed E-state index contributed by atoms with van der Waals surface area (Å²) in [4.78, 5) is 18.9. The molecule has 2 saturated heterocycles. The summed E-state index contributed by atoms with van der Waals surface area (Å²) in [5.74, 6) is 2.23. The Labute approximate surface area is 155 Å². The van der Waals surface area contributed by atoms with E-state index < -0.39 is 0 Å². The number of fused-ring (bicyclic) bond motifs is 2.